The van der Waals surface area contributed by atoms with E-state index >= 15 is 0 Å². The number of aromatic nitrogens is 2. The van der Waals surface area contributed by atoms with Crippen molar-refractivity contribution in [1.29, 1.82) is 0 Å². The van der Waals surface area contributed by atoms with Crippen LogP contribution in [0, 0.1) is 6.92 Å². The van der Waals surface area contributed by atoms with E-state index in [0.29, 0.717) is 11.4 Å². The Bertz CT molecular complexity index is 399. The fraction of sp³-hybridized carbons (Fsp3) is 0.444. The van der Waals surface area contributed by atoms with E-state index in [1.165, 1.54) is 0 Å². The van der Waals surface area contributed by atoms with E-state index < -0.39 is 12.0 Å². The molecule has 0 aliphatic carbocycles. The molecule has 16 heavy (non-hydrogen) atoms. The fourth-order valence-corrected chi connectivity index (χ4v) is 1.17. The number of urea groups is 1. The van der Waals surface area contributed by atoms with Gasteiger partial charge in [-0.3, -0.25) is 9.48 Å². The lowest BCUT2D eigenvalue weighted by Crippen LogP contribution is -2.30. The van der Waals surface area contributed by atoms with Gasteiger partial charge in [-0.25, -0.2) is 4.79 Å². The van der Waals surface area contributed by atoms with Gasteiger partial charge >= 0.3 is 12.0 Å². The molecular formula is C9H14N4O3. The highest BCUT2D eigenvalue weighted by atomic mass is 16.4. The van der Waals surface area contributed by atoms with Gasteiger partial charge in [0.2, 0.25) is 0 Å². The summed E-state index contributed by atoms with van der Waals surface area (Å²) in [5.74, 6) is -0.946. The minimum Gasteiger partial charge on any atom is -0.481 e. The number of rotatable bonds is 4. The first-order valence-electron chi connectivity index (χ1n) is 4.76. The Hall–Kier alpha value is -2.05. The van der Waals surface area contributed by atoms with Crippen LogP contribution < -0.4 is 10.6 Å². The van der Waals surface area contributed by atoms with Gasteiger partial charge in [-0.1, -0.05) is 0 Å². The lowest BCUT2D eigenvalue weighted by Gasteiger charge is -2.04. The first-order chi connectivity index (χ1) is 7.49. The number of aliphatic carboxylic acids is 1. The maximum Gasteiger partial charge on any atom is 0.319 e. The van der Waals surface area contributed by atoms with E-state index in [-0.39, 0.29) is 13.0 Å². The second-order valence-electron chi connectivity index (χ2n) is 3.33. The number of carbonyl (C=O) groups excluding carboxylic acids is 1. The standard InChI is InChI=1S/C9H14N4O3/c1-6-7(5-13(2)12-6)11-9(16)10-4-3-8(14)15/h5H,3-4H2,1-2H3,(H,14,15)(H2,10,11,16). The molecule has 0 radical (unpaired) electrons. The van der Waals surface area contributed by atoms with Gasteiger partial charge in [0.1, 0.15) is 0 Å². The molecule has 0 aromatic carbocycles. The topological polar surface area (TPSA) is 96.3 Å². The molecule has 0 aliphatic rings. The molecule has 1 aromatic rings. The molecule has 0 saturated heterocycles. The highest BCUT2D eigenvalue weighted by molar-refractivity contribution is 5.89. The van der Waals surface area contributed by atoms with Crippen molar-refractivity contribution in [3.8, 4) is 0 Å². The Morgan fingerprint density at radius 2 is 2.25 bits per heavy atom. The summed E-state index contributed by atoms with van der Waals surface area (Å²) in [6.45, 7) is 1.87. The summed E-state index contributed by atoms with van der Waals surface area (Å²) in [7, 11) is 1.75. The molecule has 3 N–H and O–H groups in total. The predicted octanol–water partition coefficient (Wildman–Crippen LogP) is 0.325. The van der Waals surface area contributed by atoms with Crippen molar-refractivity contribution >= 4 is 17.7 Å². The van der Waals surface area contributed by atoms with Crippen molar-refractivity contribution in [3.63, 3.8) is 0 Å². The quantitative estimate of drug-likeness (QED) is 0.689. The normalized spacial score (nSPS) is 9.88. The maximum atomic E-state index is 11.3. The van der Waals surface area contributed by atoms with Crippen molar-refractivity contribution < 1.29 is 14.7 Å². The Balaban J connectivity index is 2.40. The van der Waals surface area contributed by atoms with Crippen molar-refractivity contribution in [2.45, 2.75) is 13.3 Å². The summed E-state index contributed by atoms with van der Waals surface area (Å²) >= 11 is 0. The molecular weight excluding hydrogens is 212 g/mol. The first-order valence-corrected chi connectivity index (χ1v) is 4.76. The van der Waals surface area contributed by atoms with Crippen LogP contribution in [0.15, 0.2) is 6.20 Å². The van der Waals surface area contributed by atoms with E-state index in [1.807, 2.05) is 0 Å². The molecule has 0 atom stereocenters. The number of hydrogen-bond acceptors (Lipinski definition) is 3. The number of nitrogens with one attached hydrogen (secondary N) is 2. The first kappa shape index (κ1) is 12.0. The van der Waals surface area contributed by atoms with Gasteiger partial charge in [-0.05, 0) is 6.92 Å². The fourth-order valence-electron chi connectivity index (χ4n) is 1.17. The van der Waals surface area contributed by atoms with E-state index in [4.69, 9.17) is 5.11 Å². The van der Waals surface area contributed by atoms with E-state index in [1.54, 1.807) is 24.9 Å². The molecule has 0 spiro atoms. The summed E-state index contributed by atoms with van der Waals surface area (Å²) in [6, 6.07) is -0.433. The van der Waals surface area contributed by atoms with Gasteiger partial charge in [0.15, 0.2) is 0 Å². The molecule has 1 heterocycles. The van der Waals surface area contributed by atoms with E-state index in [0.717, 1.165) is 0 Å². The lowest BCUT2D eigenvalue weighted by atomic mass is 10.4. The zero-order valence-electron chi connectivity index (χ0n) is 9.15. The number of carboxylic acids is 1. The summed E-state index contributed by atoms with van der Waals surface area (Å²) in [4.78, 5) is 21.5. The summed E-state index contributed by atoms with van der Waals surface area (Å²) < 4.78 is 1.59. The average molecular weight is 226 g/mol. The van der Waals surface area contributed by atoms with Crippen LogP contribution in [-0.4, -0.2) is 33.4 Å². The number of hydrogen-bond donors (Lipinski definition) is 3. The highest BCUT2D eigenvalue weighted by Gasteiger charge is 2.07. The number of aryl methyl sites for hydroxylation is 2. The average Bonchev–Trinajstić information content (AvgIpc) is 2.44. The number of amides is 2. The molecule has 1 aromatic heterocycles. The minimum atomic E-state index is -0.946. The lowest BCUT2D eigenvalue weighted by molar-refractivity contribution is -0.136. The number of carbonyl (C=O) groups is 2. The van der Waals surface area contributed by atoms with E-state index in [2.05, 4.69) is 15.7 Å². The third-order valence-electron chi connectivity index (χ3n) is 1.89. The molecule has 0 saturated carbocycles. The monoisotopic (exact) mass is 226 g/mol. The molecule has 2 amide bonds. The Morgan fingerprint density at radius 3 is 2.75 bits per heavy atom. The van der Waals surface area contributed by atoms with Gasteiger partial charge in [0.05, 0.1) is 17.8 Å². The van der Waals surface area contributed by atoms with Crippen LogP contribution in [0.5, 0.6) is 0 Å². The van der Waals surface area contributed by atoms with Crippen LogP contribution in [0.3, 0.4) is 0 Å². The van der Waals surface area contributed by atoms with Crippen molar-refractivity contribution in [2.75, 3.05) is 11.9 Å². The minimum absolute atomic E-state index is 0.0977. The Morgan fingerprint density at radius 1 is 1.56 bits per heavy atom. The second kappa shape index (κ2) is 5.15. The number of carboxylic acid groups (broad SMARTS) is 1. The van der Waals surface area contributed by atoms with Gasteiger partial charge in [0.25, 0.3) is 0 Å². The Kier molecular flexibility index (Phi) is 3.87. The molecule has 0 fully saturated rings. The zero-order chi connectivity index (χ0) is 12.1. The molecule has 0 aliphatic heterocycles. The number of anilines is 1. The van der Waals surface area contributed by atoms with Gasteiger partial charge < -0.3 is 15.7 Å². The van der Waals surface area contributed by atoms with Gasteiger partial charge in [-0.15, -0.1) is 0 Å². The SMILES string of the molecule is Cc1nn(C)cc1NC(=O)NCCC(=O)O. The highest BCUT2D eigenvalue weighted by Crippen LogP contribution is 2.10. The molecule has 88 valence electrons. The molecule has 0 unspecified atom stereocenters. The van der Waals surface area contributed by atoms with Gasteiger partial charge in [0, 0.05) is 19.8 Å². The summed E-state index contributed by atoms with van der Waals surface area (Å²) in [5.41, 5.74) is 1.31. The van der Waals surface area contributed by atoms with Crippen LogP contribution in [0.4, 0.5) is 10.5 Å². The zero-order valence-corrected chi connectivity index (χ0v) is 9.15. The second-order valence-corrected chi connectivity index (χ2v) is 3.33. The smallest absolute Gasteiger partial charge is 0.319 e. The third-order valence-corrected chi connectivity index (χ3v) is 1.89. The van der Waals surface area contributed by atoms with Crippen LogP contribution >= 0.6 is 0 Å². The van der Waals surface area contributed by atoms with Crippen LogP contribution in [0.2, 0.25) is 0 Å². The van der Waals surface area contributed by atoms with Crippen LogP contribution in [0.25, 0.3) is 0 Å². The van der Waals surface area contributed by atoms with Crippen LogP contribution in [-0.2, 0) is 11.8 Å². The van der Waals surface area contributed by atoms with Crippen LogP contribution in [0.1, 0.15) is 12.1 Å². The molecule has 0 bridgehead atoms. The predicted molar refractivity (Wildman–Crippen MR) is 57.2 cm³/mol. The van der Waals surface area contributed by atoms with Gasteiger partial charge in [-0.2, -0.15) is 5.10 Å². The van der Waals surface area contributed by atoms with Crippen molar-refractivity contribution in [2.24, 2.45) is 7.05 Å². The third kappa shape index (κ3) is 3.60. The Labute approximate surface area is 92.4 Å². The summed E-state index contributed by atoms with van der Waals surface area (Å²) in [5, 5.41) is 17.4. The largest absolute Gasteiger partial charge is 0.481 e. The van der Waals surface area contributed by atoms with E-state index in [9.17, 15) is 9.59 Å². The maximum absolute atomic E-state index is 11.3. The van der Waals surface area contributed by atoms with Crippen molar-refractivity contribution in [3.05, 3.63) is 11.9 Å². The molecule has 7 nitrogen and oxygen atoms in total. The van der Waals surface area contributed by atoms with Crippen molar-refractivity contribution in [1.82, 2.24) is 15.1 Å². The summed E-state index contributed by atoms with van der Waals surface area (Å²) in [6.07, 6.45) is 1.57. The molecule has 1 rings (SSSR count). The molecule has 7 heteroatoms. The number of nitrogens with zero attached hydrogens (tertiary/aromatic N) is 2.